The van der Waals surface area contributed by atoms with Gasteiger partial charge < -0.3 is 14.6 Å². The molecule has 0 saturated heterocycles. The van der Waals surface area contributed by atoms with E-state index in [0.717, 1.165) is 5.56 Å². The molecule has 2 atom stereocenters. The van der Waals surface area contributed by atoms with Crippen molar-refractivity contribution in [3.63, 3.8) is 0 Å². The van der Waals surface area contributed by atoms with Crippen molar-refractivity contribution in [3.05, 3.63) is 99.5 Å². The van der Waals surface area contributed by atoms with Crippen LogP contribution in [0, 0.1) is 6.92 Å². The minimum atomic E-state index is -1.43. The van der Waals surface area contributed by atoms with E-state index in [-0.39, 0.29) is 17.2 Å². The van der Waals surface area contributed by atoms with Crippen molar-refractivity contribution in [1.29, 1.82) is 0 Å². The van der Waals surface area contributed by atoms with Gasteiger partial charge in [-0.25, -0.2) is 4.79 Å². The summed E-state index contributed by atoms with van der Waals surface area (Å²) in [4.78, 5) is 43.7. The number of hydrogen-bond donors (Lipinski definition) is 1. The van der Waals surface area contributed by atoms with Crippen LogP contribution in [0.5, 0.6) is 5.75 Å². The maximum atomic E-state index is 13.3. The molecule has 3 aromatic rings. The lowest BCUT2D eigenvalue weighted by Gasteiger charge is -2.45. The van der Waals surface area contributed by atoms with Crippen molar-refractivity contribution in [3.8, 4) is 5.75 Å². The molecule has 1 aliphatic rings. The Balaban J connectivity index is 1.94. The number of hydrogen-bond acceptors (Lipinski definition) is 4. The van der Waals surface area contributed by atoms with E-state index >= 15 is 0 Å². The topological polar surface area (TPSA) is 79.5 Å². The maximum absolute atomic E-state index is 13.3. The van der Waals surface area contributed by atoms with Crippen LogP contribution in [0.15, 0.2) is 71.5 Å². The summed E-state index contributed by atoms with van der Waals surface area (Å²) >= 11 is 0. The third-order valence-corrected chi connectivity index (χ3v) is 5.79. The molecule has 1 N–H and O–H groups in total. The number of benzene rings is 2. The fourth-order valence-corrected chi connectivity index (χ4v) is 4.08. The highest BCUT2D eigenvalue weighted by Gasteiger charge is 2.54. The largest absolute Gasteiger partial charge is 0.424 e. The summed E-state index contributed by atoms with van der Waals surface area (Å²) in [5, 5.41) is 0. The zero-order valence-electron chi connectivity index (χ0n) is 17.0. The van der Waals surface area contributed by atoms with Crippen molar-refractivity contribution < 1.29 is 14.3 Å². The number of nitrogens with zero attached hydrogens (tertiary/aromatic N) is 1. The predicted molar refractivity (Wildman–Crippen MR) is 113 cm³/mol. The molecular weight excluding hydrogens is 380 g/mol. The SMILES string of the molecule is Cc1cc2c(c(=O)[nH]1)[C@H](c1ccccc1)[C@@](C)(N(C)C(=O)c1ccccc1)C(=O)O2. The number of rotatable bonds is 3. The van der Waals surface area contributed by atoms with E-state index in [0.29, 0.717) is 16.8 Å². The minimum Gasteiger partial charge on any atom is -0.424 e. The molecule has 4 rings (SSSR count). The van der Waals surface area contributed by atoms with Crippen molar-refractivity contribution in [2.45, 2.75) is 25.3 Å². The Morgan fingerprint density at radius 1 is 1.03 bits per heavy atom. The summed E-state index contributed by atoms with van der Waals surface area (Å²) in [6.45, 7) is 3.38. The van der Waals surface area contributed by atoms with Gasteiger partial charge in [0.1, 0.15) is 11.3 Å². The highest BCUT2D eigenvalue weighted by molar-refractivity contribution is 5.99. The third-order valence-electron chi connectivity index (χ3n) is 5.79. The predicted octanol–water partition coefficient (Wildman–Crippen LogP) is 3.27. The highest BCUT2D eigenvalue weighted by Crippen LogP contribution is 2.45. The Morgan fingerprint density at radius 3 is 2.27 bits per heavy atom. The third kappa shape index (κ3) is 3.01. The van der Waals surface area contributed by atoms with Gasteiger partial charge in [0.05, 0.1) is 11.5 Å². The normalized spacial score (nSPS) is 20.2. The first-order valence-electron chi connectivity index (χ1n) is 9.68. The van der Waals surface area contributed by atoms with Gasteiger partial charge in [0, 0.05) is 24.4 Å². The van der Waals surface area contributed by atoms with Gasteiger partial charge in [-0.05, 0) is 31.5 Å². The number of aromatic nitrogens is 1. The average molecular weight is 402 g/mol. The lowest BCUT2D eigenvalue weighted by Crippen LogP contribution is -2.61. The number of nitrogens with one attached hydrogen (secondary N) is 1. The number of ether oxygens (including phenoxy) is 1. The van der Waals surface area contributed by atoms with Crippen LogP contribution < -0.4 is 10.3 Å². The van der Waals surface area contributed by atoms with Gasteiger partial charge in [-0.2, -0.15) is 0 Å². The van der Waals surface area contributed by atoms with Gasteiger partial charge in [0.2, 0.25) is 0 Å². The Morgan fingerprint density at radius 2 is 1.63 bits per heavy atom. The standard InChI is InChI=1S/C24H22N2O4/c1-15-14-18-19(21(27)25-15)20(16-10-6-4-7-11-16)24(2,23(29)30-18)26(3)22(28)17-12-8-5-9-13-17/h4-14,20H,1-3H3,(H,25,27)/t20-,24+/m0/s1. The lowest BCUT2D eigenvalue weighted by molar-refractivity contribution is -0.148. The molecule has 0 unspecified atom stereocenters. The first-order valence-corrected chi connectivity index (χ1v) is 9.68. The van der Waals surface area contributed by atoms with Crippen molar-refractivity contribution in [2.75, 3.05) is 7.05 Å². The van der Waals surface area contributed by atoms with E-state index in [4.69, 9.17) is 4.74 Å². The summed E-state index contributed by atoms with van der Waals surface area (Å²) < 4.78 is 5.62. The second-order valence-corrected chi connectivity index (χ2v) is 7.67. The molecule has 6 heteroatoms. The first kappa shape index (κ1) is 19.6. The molecule has 0 fully saturated rings. The van der Waals surface area contributed by atoms with Crippen LogP contribution in [0.2, 0.25) is 0 Å². The number of H-pyrrole nitrogens is 1. The first-order chi connectivity index (χ1) is 14.3. The zero-order chi connectivity index (χ0) is 21.5. The zero-order valence-corrected chi connectivity index (χ0v) is 17.0. The second-order valence-electron chi connectivity index (χ2n) is 7.67. The highest BCUT2D eigenvalue weighted by atomic mass is 16.5. The number of aryl methyl sites for hydroxylation is 1. The summed E-state index contributed by atoms with van der Waals surface area (Å²) in [7, 11) is 1.57. The average Bonchev–Trinajstić information content (AvgIpc) is 2.75. The van der Waals surface area contributed by atoms with E-state index < -0.39 is 17.4 Å². The minimum absolute atomic E-state index is 0.230. The van der Waals surface area contributed by atoms with Crippen molar-refractivity contribution in [1.82, 2.24) is 9.88 Å². The fraction of sp³-hybridized carbons (Fsp3) is 0.208. The van der Waals surface area contributed by atoms with Crippen LogP contribution in [0.4, 0.5) is 0 Å². The number of likely N-dealkylation sites (N-methyl/N-ethyl adjacent to an activating group) is 1. The molecule has 30 heavy (non-hydrogen) atoms. The molecule has 0 aliphatic carbocycles. The molecule has 1 aromatic heterocycles. The van der Waals surface area contributed by atoms with E-state index in [9.17, 15) is 14.4 Å². The van der Waals surface area contributed by atoms with Gasteiger partial charge in [-0.15, -0.1) is 0 Å². The van der Waals surface area contributed by atoms with Gasteiger partial charge in [0.15, 0.2) is 0 Å². The van der Waals surface area contributed by atoms with Crippen LogP contribution >= 0.6 is 0 Å². The Labute approximate surface area is 174 Å². The Bertz CT molecular complexity index is 1170. The molecule has 1 aliphatic heterocycles. The molecule has 0 spiro atoms. The molecule has 152 valence electrons. The summed E-state index contributed by atoms with van der Waals surface area (Å²) in [6, 6.07) is 19.6. The summed E-state index contributed by atoms with van der Waals surface area (Å²) in [5.41, 5.74) is 0.364. The number of carbonyl (C=O) groups is 2. The van der Waals surface area contributed by atoms with Crippen LogP contribution in [0.1, 0.15) is 40.0 Å². The van der Waals surface area contributed by atoms with Gasteiger partial charge in [-0.1, -0.05) is 48.5 Å². The number of amides is 1. The van der Waals surface area contributed by atoms with E-state index in [1.54, 1.807) is 51.2 Å². The van der Waals surface area contributed by atoms with E-state index in [1.807, 2.05) is 36.4 Å². The lowest BCUT2D eigenvalue weighted by atomic mass is 9.73. The van der Waals surface area contributed by atoms with Crippen molar-refractivity contribution in [2.24, 2.45) is 0 Å². The molecule has 2 aromatic carbocycles. The number of aromatic amines is 1. The van der Waals surface area contributed by atoms with Crippen LogP contribution in [-0.2, 0) is 4.79 Å². The Hall–Kier alpha value is -3.67. The number of fused-ring (bicyclic) bond motifs is 1. The molecule has 2 heterocycles. The smallest absolute Gasteiger partial charge is 0.338 e. The molecule has 0 bridgehead atoms. The van der Waals surface area contributed by atoms with Crippen LogP contribution in [0.3, 0.4) is 0 Å². The van der Waals surface area contributed by atoms with Crippen LogP contribution in [-0.4, -0.2) is 34.3 Å². The molecule has 0 saturated carbocycles. The number of pyridine rings is 1. The quantitative estimate of drug-likeness (QED) is 0.682. The van der Waals surface area contributed by atoms with E-state index in [1.165, 1.54) is 4.90 Å². The summed E-state index contributed by atoms with van der Waals surface area (Å²) in [5.74, 6) is -1.38. The van der Waals surface area contributed by atoms with Gasteiger partial charge in [-0.3, -0.25) is 9.59 Å². The fourth-order valence-electron chi connectivity index (χ4n) is 4.08. The van der Waals surface area contributed by atoms with Gasteiger partial charge in [0.25, 0.3) is 11.5 Å². The van der Waals surface area contributed by atoms with Crippen molar-refractivity contribution >= 4 is 11.9 Å². The monoisotopic (exact) mass is 402 g/mol. The van der Waals surface area contributed by atoms with Crippen LogP contribution in [0.25, 0.3) is 0 Å². The van der Waals surface area contributed by atoms with Gasteiger partial charge >= 0.3 is 5.97 Å². The molecular formula is C24H22N2O4. The second kappa shape index (κ2) is 7.30. The molecule has 1 amide bonds. The number of esters is 1. The number of carbonyl (C=O) groups excluding carboxylic acids is 2. The molecule has 0 radical (unpaired) electrons. The summed E-state index contributed by atoms with van der Waals surface area (Å²) in [6.07, 6.45) is 0. The van der Waals surface area contributed by atoms with E-state index in [2.05, 4.69) is 4.98 Å². The Kier molecular flexibility index (Phi) is 4.78. The molecule has 6 nitrogen and oxygen atoms in total. The maximum Gasteiger partial charge on any atom is 0.338 e.